The first kappa shape index (κ1) is 16.2. The fraction of sp³-hybridized carbons (Fsp3) is 0.353. The quantitative estimate of drug-likeness (QED) is 0.835. The van der Waals surface area contributed by atoms with Crippen LogP contribution in [0.4, 0.5) is 0 Å². The van der Waals surface area contributed by atoms with Crippen molar-refractivity contribution in [1.82, 2.24) is 20.6 Å². The summed E-state index contributed by atoms with van der Waals surface area (Å²) < 4.78 is 7.07. The van der Waals surface area contributed by atoms with Crippen molar-refractivity contribution in [2.45, 2.75) is 32.8 Å². The van der Waals surface area contributed by atoms with E-state index in [-0.39, 0.29) is 11.8 Å². The second kappa shape index (κ2) is 6.84. The maximum Gasteiger partial charge on any atom is 0.269 e. The number of carbonyl (C=O) groups excluding carboxylic acids is 2. The van der Waals surface area contributed by atoms with Crippen LogP contribution in [0.25, 0.3) is 5.69 Å². The van der Waals surface area contributed by atoms with Gasteiger partial charge >= 0.3 is 0 Å². The molecule has 7 nitrogen and oxygen atoms in total. The number of aryl methyl sites for hydroxylation is 2. The Bertz CT molecular complexity index is 746. The first-order chi connectivity index (χ1) is 11.5. The Labute approximate surface area is 140 Å². The Balaban J connectivity index is 1.61. The number of amides is 2. The van der Waals surface area contributed by atoms with E-state index < -0.39 is 6.10 Å². The van der Waals surface area contributed by atoms with Crippen molar-refractivity contribution in [2.24, 2.45) is 0 Å². The molecule has 2 N–H and O–H groups in total. The van der Waals surface area contributed by atoms with E-state index in [9.17, 15) is 9.59 Å². The van der Waals surface area contributed by atoms with Gasteiger partial charge in [0.1, 0.15) is 6.10 Å². The number of aromatic nitrogens is 2. The fourth-order valence-electron chi connectivity index (χ4n) is 2.70. The highest BCUT2D eigenvalue weighted by Crippen LogP contribution is 2.13. The molecular weight excluding hydrogens is 308 g/mol. The van der Waals surface area contributed by atoms with E-state index in [1.807, 2.05) is 36.7 Å². The van der Waals surface area contributed by atoms with E-state index >= 15 is 0 Å². The zero-order valence-electron chi connectivity index (χ0n) is 13.7. The number of ether oxygens (including phenoxy) is 1. The Hall–Kier alpha value is -2.67. The van der Waals surface area contributed by atoms with Crippen LogP contribution in [0, 0.1) is 13.8 Å². The van der Waals surface area contributed by atoms with Crippen molar-refractivity contribution in [3.8, 4) is 5.69 Å². The number of carbonyl (C=O) groups is 2. The predicted octanol–water partition coefficient (Wildman–Crippen LogP) is 1.43. The van der Waals surface area contributed by atoms with Crippen LogP contribution in [-0.2, 0) is 9.53 Å². The van der Waals surface area contributed by atoms with Gasteiger partial charge in [-0.1, -0.05) is 0 Å². The van der Waals surface area contributed by atoms with Gasteiger partial charge < -0.3 is 4.74 Å². The Morgan fingerprint density at radius 3 is 2.54 bits per heavy atom. The van der Waals surface area contributed by atoms with Crippen LogP contribution >= 0.6 is 0 Å². The van der Waals surface area contributed by atoms with Gasteiger partial charge in [-0.3, -0.25) is 20.4 Å². The van der Waals surface area contributed by atoms with Crippen molar-refractivity contribution in [3.63, 3.8) is 0 Å². The van der Waals surface area contributed by atoms with Crippen LogP contribution in [0.1, 0.15) is 34.6 Å². The smallest absolute Gasteiger partial charge is 0.269 e. The summed E-state index contributed by atoms with van der Waals surface area (Å²) in [4.78, 5) is 23.9. The summed E-state index contributed by atoms with van der Waals surface area (Å²) in [6, 6.07) is 9.01. The third-order valence-corrected chi connectivity index (χ3v) is 3.91. The molecule has 0 spiro atoms. The van der Waals surface area contributed by atoms with E-state index in [0.29, 0.717) is 18.6 Å². The summed E-state index contributed by atoms with van der Waals surface area (Å²) in [5.41, 5.74) is 8.10. The molecule has 2 aromatic rings. The molecule has 1 aromatic carbocycles. The minimum atomic E-state index is -0.473. The molecule has 1 aromatic heterocycles. The summed E-state index contributed by atoms with van der Waals surface area (Å²) in [6.07, 6.45) is 1.07. The molecule has 0 saturated carbocycles. The molecule has 2 amide bonds. The van der Waals surface area contributed by atoms with Crippen LogP contribution < -0.4 is 10.9 Å². The summed E-state index contributed by atoms with van der Waals surface area (Å²) in [5.74, 6) is -0.693. The van der Waals surface area contributed by atoms with Crippen LogP contribution in [0.2, 0.25) is 0 Å². The lowest BCUT2D eigenvalue weighted by molar-refractivity contribution is -0.130. The molecule has 0 radical (unpaired) electrons. The van der Waals surface area contributed by atoms with Crippen molar-refractivity contribution >= 4 is 11.8 Å². The van der Waals surface area contributed by atoms with E-state index in [4.69, 9.17) is 4.74 Å². The van der Waals surface area contributed by atoms with Gasteiger partial charge in [0, 0.05) is 17.9 Å². The molecule has 1 aliphatic heterocycles. The van der Waals surface area contributed by atoms with E-state index in [0.717, 1.165) is 23.5 Å². The predicted molar refractivity (Wildman–Crippen MR) is 87.6 cm³/mol. The highest BCUT2D eigenvalue weighted by molar-refractivity contribution is 5.95. The van der Waals surface area contributed by atoms with E-state index in [1.54, 1.807) is 12.1 Å². The van der Waals surface area contributed by atoms with E-state index in [2.05, 4.69) is 16.0 Å². The molecule has 1 fully saturated rings. The SMILES string of the molecule is Cc1cc(C)n(-c2ccc(C(=O)NNC(=O)[C@H]3CCCO3)cc2)n1. The summed E-state index contributed by atoms with van der Waals surface area (Å²) in [6.45, 7) is 4.49. The van der Waals surface area contributed by atoms with Gasteiger partial charge in [0.15, 0.2) is 0 Å². The third-order valence-electron chi connectivity index (χ3n) is 3.91. The Morgan fingerprint density at radius 2 is 1.96 bits per heavy atom. The maximum atomic E-state index is 12.1. The van der Waals surface area contributed by atoms with Crippen molar-refractivity contribution in [1.29, 1.82) is 0 Å². The number of hydrogen-bond acceptors (Lipinski definition) is 4. The highest BCUT2D eigenvalue weighted by atomic mass is 16.5. The molecule has 1 aliphatic rings. The van der Waals surface area contributed by atoms with Crippen molar-refractivity contribution in [3.05, 3.63) is 47.3 Å². The summed E-state index contributed by atoms with van der Waals surface area (Å²) >= 11 is 0. The van der Waals surface area contributed by atoms with Gasteiger partial charge in [-0.25, -0.2) is 4.68 Å². The lowest BCUT2D eigenvalue weighted by Gasteiger charge is -2.11. The topological polar surface area (TPSA) is 85.2 Å². The van der Waals surface area contributed by atoms with Gasteiger partial charge in [-0.2, -0.15) is 5.10 Å². The van der Waals surface area contributed by atoms with Crippen molar-refractivity contribution in [2.75, 3.05) is 6.61 Å². The minimum absolute atomic E-state index is 0.319. The molecule has 2 heterocycles. The zero-order valence-corrected chi connectivity index (χ0v) is 13.7. The second-order valence-corrected chi connectivity index (χ2v) is 5.83. The normalized spacial score (nSPS) is 16.8. The summed E-state index contributed by atoms with van der Waals surface area (Å²) in [7, 11) is 0. The molecule has 1 atom stereocenters. The number of nitrogens with one attached hydrogen (secondary N) is 2. The number of hydrogen-bond donors (Lipinski definition) is 2. The fourth-order valence-corrected chi connectivity index (χ4v) is 2.70. The largest absolute Gasteiger partial charge is 0.368 e. The number of nitrogens with zero attached hydrogens (tertiary/aromatic N) is 2. The highest BCUT2D eigenvalue weighted by Gasteiger charge is 2.23. The van der Waals surface area contributed by atoms with Gasteiger partial charge in [0.25, 0.3) is 11.8 Å². The van der Waals surface area contributed by atoms with Gasteiger partial charge in [0.2, 0.25) is 0 Å². The molecule has 1 saturated heterocycles. The molecule has 0 bridgehead atoms. The molecule has 0 unspecified atom stereocenters. The maximum absolute atomic E-state index is 12.1. The molecule has 7 heteroatoms. The van der Waals surface area contributed by atoms with Gasteiger partial charge in [-0.05, 0) is 57.0 Å². The second-order valence-electron chi connectivity index (χ2n) is 5.83. The Morgan fingerprint density at radius 1 is 1.21 bits per heavy atom. The number of hydrazine groups is 1. The number of rotatable bonds is 3. The molecule has 0 aliphatic carbocycles. The van der Waals surface area contributed by atoms with Crippen LogP contribution in [-0.4, -0.2) is 34.3 Å². The average Bonchev–Trinajstić information content (AvgIpc) is 3.22. The number of benzene rings is 1. The first-order valence-corrected chi connectivity index (χ1v) is 7.90. The minimum Gasteiger partial charge on any atom is -0.368 e. The lowest BCUT2D eigenvalue weighted by Crippen LogP contribution is -2.46. The van der Waals surface area contributed by atoms with Gasteiger partial charge in [-0.15, -0.1) is 0 Å². The first-order valence-electron chi connectivity index (χ1n) is 7.90. The van der Waals surface area contributed by atoms with E-state index in [1.165, 1.54) is 0 Å². The van der Waals surface area contributed by atoms with Crippen molar-refractivity contribution < 1.29 is 14.3 Å². The molecule has 24 heavy (non-hydrogen) atoms. The van der Waals surface area contributed by atoms with Crippen LogP contribution in [0.15, 0.2) is 30.3 Å². The summed E-state index contributed by atoms with van der Waals surface area (Å²) in [5, 5.41) is 4.40. The average molecular weight is 328 g/mol. The van der Waals surface area contributed by atoms with Crippen LogP contribution in [0.3, 0.4) is 0 Å². The third kappa shape index (κ3) is 3.46. The standard InChI is InChI=1S/C17H20N4O3/c1-11-10-12(2)21(20-11)14-7-5-13(6-8-14)16(22)18-19-17(23)15-4-3-9-24-15/h5-8,10,15H,3-4,9H2,1-2H3,(H,18,22)(H,19,23)/t15-/m1/s1. The zero-order chi connectivity index (χ0) is 17.1. The van der Waals surface area contributed by atoms with Crippen LogP contribution in [0.5, 0.6) is 0 Å². The van der Waals surface area contributed by atoms with Gasteiger partial charge in [0.05, 0.1) is 11.4 Å². The molecule has 126 valence electrons. The lowest BCUT2D eigenvalue weighted by atomic mass is 10.2. The molecular formula is C17H20N4O3. The monoisotopic (exact) mass is 328 g/mol. The Kier molecular flexibility index (Phi) is 4.61. The molecule has 3 rings (SSSR count).